The average molecular weight is 308 g/mol. The monoisotopic (exact) mass is 307 g/mol. The number of piperidine rings is 1. The summed E-state index contributed by atoms with van der Waals surface area (Å²) in [6.07, 6.45) is 4.03. The maximum Gasteiger partial charge on any atom is 0.0992 e. The SMILES string of the molecule is N#Cc1cc(Br)cc(NCCN2CCCCC2)c1. The van der Waals surface area contributed by atoms with Crippen molar-refractivity contribution in [2.45, 2.75) is 19.3 Å². The fourth-order valence-electron chi connectivity index (χ4n) is 2.30. The van der Waals surface area contributed by atoms with Crippen molar-refractivity contribution in [1.82, 2.24) is 4.90 Å². The molecule has 0 spiro atoms. The van der Waals surface area contributed by atoms with E-state index < -0.39 is 0 Å². The molecule has 1 fully saturated rings. The molecule has 96 valence electrons. The lowest BCUT2D eigenvalue weighted by molar-refractivity contribution is 0.237. The van der Waals surface area contributed by atoms with Crippen molar-refractivity contribution in [1.29, 1.82) is 5.26 Å². The Morgan fingerprint density at radius 1 is 1.22 bits per heavy atom. The Labute approximate surface area is 117 Å². The van der Waals surface area contributed by atoms with Crippen LogP contribution in [0, 0.1) is 11.3 Å². The summed E-state index contributed by atoms with van der Waals surface area (Å²) in [5.41, 5.74) is 1.70. The van der Waals surface area contributed by atoms with Crippen molar-refractivity contribution in [2.24, 2.45) is 0 Å². The van der Waals surface area contributed by atoms with Crippen molar-refractivity contribution < 1.29 is 0 Å². The van der Waals surface area contributed by atoms with E-state index in [1.54, 1.807) is 0 Å². The van der Waals surface area contributed by atoms with Gasteiger partial charge in [-0.25, -0.2) is 0 Å². The molecule has 0 unspecified atom stereocenters. The van der Waals surface area contributed by atoms with Gasteiger partial charge in [0.25, 0.3) is 0 Å². The van der Waals surface area contributed by atoms with Gasteiger partial charge in [-0.15, -0.1) is 0 Å². The Morgan fingerprint density at radius 3 is 2.72 bits per heavy atom. The van der Waals surface area contributed by atoms with E-state index in [-0.39, 0.29) is 0 Å². The maximum absolute atomic E-state index is 8.91. The summed E-state index contributed by atoms with van der Waals surface area (Å²) in [4.78, 5) is 2.50. The van der Waals surface area contributed by atoms with Gasteiger partial charge in [0.1, 0.15) is 0 Å². The number of halogens is 1. The standard InChI is InChI=1S/C14H18BrN3/c15-13-8-12(11-16)9-14(10-13)17-4-7-18-5-2-1-3-6-18/h8-10,17H,1-7H2. The molecular weight excluding hydrogens is 290 g/mol. The third kappa shape index (κ3) is 4.01. The zero-order valence-electron chi connectivity index (χ0n) is 10.5. The topological polar surface area (TPSA) is 39.1 Å². The van der Waals surface area contributed by atoms with E-state index in [0.29, 0.717) is 5.56 Å². The molecule has 1 saturated heterocycles. The first-order chi connectivity index (χ1) is 8.78. The van der Waals surface area contributed by atoms with Crippen LogP contribution in [0.4, 0.5) is 5.69 Å². The molecule has 1 N–H and O–H groups in total. The fourth-order valence-corrected chi connectivity index (χ4v) is 2.79. The summed E-state index contributed by atoms with van der Waals surface area (Å²) >= 11 is 3.42. The second-order valence-corrected chi connectivity index (χ2v) is 5.59. The molecule has 0 radical (unpaired) electrons. The quantitative estimate of drug-likeness (QED) is 0.928. The first kappa shape index (κ1) is 13.4. The number of nitrogens with zero attached hydrogens (tertiary/aromatic N) is 2. The number of nitrogens with one attached hydrogen (secondary N) is 1. The Bertz CT molecular complexity index is 433. The highest BCUT2D eigenvalue weighted by molar-refractivity contribution is 9.10. The van der Waals surface area contributed by atoms with Gasteiger partial charge < -0.3 is 10.2 Å². The van der Waals surface area contributed by atoms with Crippen LogP contribution in [0.25, 0.3) is 0 Å². The number of anilines is 1. The van der Waals surface area contributed by atoms with Crippen molar-refractivity contribution >= 4 is 21.6 Å². The van der Waals surface area contributed by atoms with E-state index >= 15 is 0 Å². The summed E-state index contributed by atoms with van der Waals surface area (Å²) < 4.78 is 0.946. The number of hydrogen-bond acceptors (Lipinski definition) is 3. The Morgan fingerprint density at radius 2 is 2.00 bits per heavy atom. The summed E-state index contributed by atoms with van der Waals surface area (Å²) in [5, 5.41) is 12.3. The van der Waals surface area contributed by atoms with Gasteiger partial charge in [0.05, 0.1) is 11.6 Å². The molecule has 3 nitrogen and oxygen atoms in total. The highest BCUT2D eigenvalue weighted by atomic mass is 79.9. The van der Waals surface area contributed by atoms with Crippen molar-refractivity contribution in [2.75, 3.05) is 31.5 Å². The second-order valence-electron chi connectivity index (χ2n) is 4.67. The van der Waals surface area contributed by atoms with E-state index in [9.17, 15) is 0 Å². The van der Waals surface area contributed by atoms with Crippen LogP contribution in [0.2, 0.25) is 0 Å². The lowest BCUT2D eigenvalue weighted by atomic mass is 10.1. The number of hydrogen-bond donors (Lipinski definition) is 1. The molecule has 0 bridgehead atoms. The van der Waals surface area contributed by atoms with Gasteiger partial charge >= 0.3 is 0 Å². The van der Waals surface area contributed by atoms with Crippen LogP contribution in [-0.4, -0.2) is 31.1 Å². The predicted molar refractivity (Wildman–Crippen MR) is 77.6 cm³/mol. The van der Waals surface area contributed by atoms with Gasteiger partial charge in [0.2, 0.25) is 0 Å². The molecule has 1 aromatic carbocycles. The highest BCUT2D eigenvalue weighted by Crippen LogP contribution is 2.19. The van der Waals surface area contributed by atoms with E-state index in [1.165, 1.54) is 32.4 Å². The molecule has 1 aromatic rings. The van der Waals surface area contributed by atoms with Gasteiger partial charge in [-0.3, -0.25) is 0 Å². The minimum atomic E-state index is 0.685. The van der Waals surface area contributed by atoms with Crippen LogP contribution in [0.1, 0.15) is 24.8 Å². The molecule has 0 amide bonds. The van der Waals surface area contributed by atoms with Crippen LogP contribution in [-0.2, 0) is 0 Å². The zero-order chi connectivity index (χ0) is 12.8. The number of benzene rings is 1. The zero-order valence-corrected chi connectivity index (χ0v) is 12.0. The van der Waals surface area contributed by atoms with Gasteiger partial charge in [-0.2, -0.15) is 5.26 Å². The van der Waals surface area contributed by atoms with Crippen LogP contribution in [0.5, 0.6) is 0 Å². The van der Waals surface area contributed by atoms with Crippen LogP contribution >= 0.6 is 15.9 Å². The smallest absolute Gasteiger partial charge is 0.0992 e. The van der Waals surface area contributed by atoms with Crippen molar-refractivity contribution in [3.63, 3.8) is 0 Å². The highest BCUT2D eigenvalue weighted by Gasteiger charge is 2.09. The van der Waals surface area contributed by atoms with Gasteiger partial charge in [-0.1, -0.05) is 22.4 Å². The van der Waals surface area contributed by atoms with E-state index in [1.807, 2.05) is 18.2 Å². The molecule has 18 heavy (non-hydrogen) atoms. The Kier molecular flexibility index (Phi) is 5.03. The largest absolute Gasteiger partial charge is 0.384 e. The van der Waals surface area contributed by atoms with Gasteiger partial charge in [0, 0.05) is 23.2 Å². The molecule has 1 aliphatic rings. The lowest BCUT2D eigenvalue weighted by Crippen LogP contribution is -2.33. The van der Waals surface area contributed by atoms with Crippen LogP contribution in [0.15, 0.2) is 22.7 Å². The number of likely N-dealkylation sites (tertiary alicyclic amines) is 1. The van der Waals surface area contributed by atoms with E-state index in [0.717, 1.165) is 23.2 Å². The first-order valence-corrected chi connectivity index (χ1v) is 7.24. The van der Waals surface area contributed by atoms with Gasteiger partial charge in [0.15, 0.2) is 0 Å². The number of nitriles is 1. The molecule has 0 atom stereocenters. The number of rotatable bonds is 4. The fraction of sp³-hybridized carbons (Fsp3) is 0.500. The second kappa shape index (κ2) is 6.77. The summed E-state index contributed by atoms with van der Waals surface area (Å²) in [6, 6.07) is 7.90. The maximum atomic E-state index is 8.91. The first-order valence-electron chi connectivity index (χ1n) is 6.45. The molecular formula is C14H18BrN3. The molecule has 0 aliphatic carbocycles. The Hall–Kier alpha value is -1.05. The predicted octanol–water partition coefficient (Wildman–Crippen LogP) is 3.22. The van der Waals surface area contributed by atoms with Crippen molar-refractivity contribution in [3.8, 4) is 6.07 Å². The van der Waals surface area contributed by atoms with E-state index in [4.69, 9.17) is 5.26 Å². The normalized spacial score (nSPS) is 16.2. The van der Waals surface area contributed by atoms with Gasteiger partial charge in [-0.05, 0) is 44.1 Å². The Balaban J connectivity index is 1.82. The van der Waals surface area contributed by atoms with Crippen LogP contribution in [0.3, 0.4) is 0 Å². The molecule has 1 aliphatic heterocycles. The molecule has 4 heteroatoms. The van der Waals surface area contributed by atoms with Crippen LogP contribution < -0.4 is 5.32 Å². The molecule has 1 heterocycles. The third-order valence-electron chi connectivity index (χ3n) is 3.23. The summed E-state index contributed by atoms with van der Waals surface area (Å²) in [7, 11) is 0. The minimum Gasteiger partial charge on any atom is -0.384 e. The minimum absolute atomic E-state index is 0.685. The average Bonchev–Trinajstić information content (AvgIpc) is 2.39. The van der Waals surface area contributed by atoms with Crippen molar-refractivity contribution in [3.05, 3.63) is 28.2 Å². The molecule has 2 rings (SSSR count). The molecule has 0 aromatic heterocycles. The molecule has 0 saturated carbocycles. The van der Waals surface area contributed by atoms with E-state index in [2.05, 4.69) is 32.2 Å². The summed E-state index contributed by atoms with van der Waals surface area (Å²) in [5.74, 6) is 0. The summed E-state index contributed by atoms with van der Waals surface area (Å²) in [6.45, 7) is 4.46. The third-order valence-corrected chi connectivity index (χ3v) is 3.69. The lowest BCUT2D eigenvalue weighted by Gasteiger charge is -2.26.